The number of carbonyl (C=O) groups excluding carboxylic acids is 1. The molecule has 0 aliphatic heterocycles. The second-order valence-electron chi connectivity index (χ2n) is 5.50. The van der Waals surface area contributed by atoms with Crippen molar-refractivity contribution in [1.82, 2.24) is 15.1 Å². The normalized spacial score (nSPS) is 15.8. The Bertz CT molecular complexity index is 550. The van der Waals surface area contributed by atoms with Crippen LogP contribution in [0.1, 0.15) is 30.7 Å². The molecule has 1 amide bonds. The lowest BCUT2D eigenvalue weighted by Crippen LogP contribution is -2.42. The van der Waals surface area contributed by atoms with E-state index in [0.29, 0.717) is 30.4 Å². The molecule has 1 atom stereocenters. The summed E-state index contributed by atoms with van der Waals surface area (Å²) in [7, 11) is 0. The second kappa shape index (κ2) is 6.21. The summed E-state index contributed by atoms with van der Waals surface area (Å²) in [5.41, 5.74) is 6.51. The third kappa shape index (κ3) is 3.57. The van der Waals surface area contributed by atoms with Crippen molar-refractivity contribution in [3.8, 4) is 0 Å². The Hall–Kier alpha value is -1.96. The van der Waals surface area contributed by atoms with Crippen LogP contribution in [0.2, 0.25) is 0 Å². The van der Waals surface area contributed by atoms with Crippen molar-refractivity contribution in [2.75, 3.05) is 6.54 Å². The van der Waals surface area contributed by atoms with Crippen LogP contribution in [-0.2, 0) is 11.3 Å². The van der Waals surface area contributed by atoms with Gasteiger partial charge in [-0.15, -0.1) is 0 Å². The number of nitrogens with two attached hydrogens (primary N) is 1. The minimum atomic E-state index is -0.439. The highest BCUT2D eigenvalue weighted by Crippen LogP contribution is 2.32. The number of amides is 1. The fourth-order valence-corrected chi connectivity index (χ4v) is 2.52. The van der Waals surface area contributed by atoms with Crippen molar-refractivity contribution in [2.24, 2.45) is 11.7 Å². The number of hydrogen-bond acceptors (Lipinski definition) is 5. The van der Waals surface area contributed by atoms with Gasteiger partial charge in [0.1, 0.15) is 11.4 Å². The minimum Gasteiger partial charge on any atom is -0.352 e. The molecule has 1 aromatic rings. The predicted octanol–water partition coefficient (Wildman–Crippen LogP) is 0.652. The predicted molar refractivity (Wildman–Crippen MR) is 76.7 cm³/mol. The molecule has 8 nitrogen and oxygen atoms in total. The molecule has 8 heteroatoms. The zero-order valence-electron chi connectivity index (χ0n) is 12.3. The maximum atomic E-state index is 11.9. The van der Waals surface area contributed by atoms with Crippen molar-refractivity contribution in [2.45, 2.75) is 45.7 Å². The lowest BCUT2D eigenvalue weighted by atomic mass is 10.2. The molecule has 1 saturated carbocycles. The average molecular weight is 295 g/mol. The quantitative estimate of drug-likeness (QED) is 0.566. The SMILES string of the molecule is Cc1nn(CCC(=O)NC(CN)C2CC2)c(C)c1[N+](=O)[O-]. The number of carbonyl (C=O) groups is 1. The number of hydrogen-bond donors (Lipinski definition) is 2. The van der Waals surface area contributed by atoms with Crippen molar-refractivity contribution < 1.29 is 9.72 Å². The van der Waals surface area contributed by atoms with Crippen LogP contribution in [-0.4, -0.2) is 33.2 Å². The molecule has 0 bridgehead atoms. The number of aromatic nitrogens is 2. The molecular weight excluding hydrogens is 274 g/mol. The number of rotatable bonds is 7. The number of nitrogens with zero attached hydrogens (tertiary/aromatic N) is 3. The molecule has 1 aromatic heterocycles. The topological polar surface area (TPSA) is 116 Å². The van der Waals surface area contributed by atoms with E-state index in [-0.39, 0.29) is 24.1 Å². The first-order valence-electron chi connectivity index (χ1n) is 7.11. The fraction of sp³-hybridized carbons (Fsp3) is 0.692. The van der Waals surface area contributed by atoms with Crippen LogP contribution in [0.15, 0.2) is 0 Å². The van der Waals surface area contributed by atoms with Gasteiger partial charge in [-0.3, -0.25) is 19.6 Å². The van der Waals surface area contributed by atoms with Gasteiger partial charge in [0.2, 0.25) is 5.91 Å². The minimum absolute atomic E-state index is 0.0215. The summed E-state index contributed by atoms with van der Waals surface area (Å²) in [6.45, 7) is 4.01. The summed E-state index contributed by atoms with van der Waals surface area (Å²) in [6.07, 6.45) is 2.47. The lowest BCUT2D eigenvalue weighted by Gasteiger charge is -2.16. The summed E-state index contributed by atoms with van der Waals surface area (Å²) in [6, 6.07) is 0.0484. The van der Waals surface area contributed by atoms with Crippen LogP contribution >= 0.6 is 0 Å². The Morgan fingerprint density at radius 1 is 1.57 bits per heavy atom. The molecule has 0 spiro atoms. The number of nitro groups is 1. The zero-order chi connectivity index (χ0) is 15.6. The molecule has 0 aromatic carbocycles. The van der Waals surface area contributed by atoms with Gasteiger partial charge in [-0.25, -0.2) is 0 Å². The third-order valence-corrected chi connectivity index (χ3v) is 3.87. The van der Waals surface area contributed by atoms with Gasteiger partial charge >= 0.3 is 5.69 Å². The lowest BCUT2D eigenvalue weighted by molar-refractivity contribution is -0.386. The molecule has 0 saturated heterocycles. The van der Waals surface area contributed by atoms with Crippen LogP contribution in [0.4, 0.5) is 5.69 Å². The Labute approximate surface area is 122 Å². The summed E-state index contributed by atoms with van der Waals surface area (Å²) < 4.78 is 1.52. The molecule has 1 unspecified atom stereocenters. The highest BCUT2D eigenvalue weighted by molar-refractivity contribution is 5.76. The molecule has 3 N–H and O–H groups in total. The van der Waals surface area contributed by atoms with Crippen LogP contribution in [0, 0.1) is 29.9 Å². The van der Waals surface area contributed by atoms with Crippen LogP contribution in [0.3, 0.4) is 0 Å². The van der Waals surface area contributed by atoms with Crippen LogP contribution < -0.4 is 11.1 Å². The van der Waals surface area contributed by atoms with E-state index in [4.69, 9.17) is 5.73 Å². The summed E-state index contributed by atoms with van der Waals surface area (Å²) in [5, 5.41) is 18.0. The summed E-state index contributed by atoms with van der Waals surface area (Å²) >= 11 is 0. The first kappa shape index (κ1) is 15.4. The molecule has 1 heterocycles. The van der Waals surface area contributed by atoms with Gasteiger partial charge in [0.05, 0.1) is 11.5 Å². The van der Waals surface area contributed by atoms with E-state index in [0.717, 1.165) is 12.8 Å². The van der Waals surface area contributed by atoms with Gasteiger partial charge in [-0.2, -0.15) is 5.10 Å². The van der Waals surface area contributed by atoms with Crippen molar-refractivity contribution in [3.05, 3.63) is 21.5 Å². The van der Waals surface area contributed by atoms with Crippen LogP contribution in [0.5, 0.6) is 0 Å². The van der Waals surface area contributed by atoms with E-state index < -0.39 is 4.92 Å². The number of nitrogens with one attached hydrogen (secondary N) is 1. The molecule has 0 radical (unpaired) electrons. The van der Waals surface area contributed by atoms with Crippen molar-refractivity contribution >= 4 is 11.6 Å². The molecule has 21 heavy (non-hydrogen) atoms. The van der Waals surface area contributed by atoms with E-state index in [1.807, 2.05) is 0 Å². The van der Waals surface area contributed by atoms with Crippen LogP contribution in [0.25, 0.3) is 0 Å². The van der Waals surface area contributed by atoms with Gasteiger partial charge < -0.3 is 11.1 Å². The molecule has 1 aliphatic rings. The van der Waals surface area contributed by atoms with E-state index in [1.165, 1.54) is 4.68 Å². The van der Waals surface area contributed by atoms with Gasteiger partial charge in [0, 0.05) is 19.0 Å². The Balaban J connectivity index is 1.92. The molecule has 2 rings (SSSR count). The van der Waals surface area contributed by atoms with E-state index in [1.54, 1.807) is 13.8 Å². The zero-order valence-corrected chi connectivity index (χ0v) is 12.3. The third-order valence-electron chi connectivity index (χ3n) is 3.87. The Morgan fingerprint density at radius 3 is 2.71 bits per heavy atom. The monoisotopic (exact) mass is 295 g/mol. The first-order chi connectivity index (χ1) is 9.93. The standard InChI is InChI=1S/C13H21N5O3/c1-8-13(18(20)21)9(2)17(16-8)6-5-12(19)15-11(7-14)10-3-4-10/h10-11H,3-7,14H2,1-2H3,(H,15,19). The van der Waals surface area contributed by atoms with Gasteiger partial charge in [-0.05, 0) is 32.6 Å². The molecule has 1 aliphatic carbocycles. The van der Waals surface area contributed by atoms with E-state index in [9.17, 15) is 14.9 Å². The smallest absolute Gasteiger partial charge is 0.312 e. The largest absolute Gasteiger partial charge is 0.352 e. The van der Waals surface area contributed by atoms with Crippen molar-refractivity contribution in [3.63, 3.8) is 0 Å². The highest BCUT2D eigenvalue weighted by atomic mass is 16.6. The van der Waals surface area contributed by atoms with Gasteiger partial charge in [0.25, 0.3) is 0 Å². The van der Waals surface area contributed by atoms with Gasteiger partial charge in [-0.1, -0.05) is 0 Å². The Morgan fingerprint density at radius 2 is 2.24 bits per heavy atom. The maximum absolute atomic E-state index is 11.9. The fourth-order valence-electron chi connectivity index (χ4n) is 2.52. The maximum Gasteiger partial charge on any atom is 0.312 e. The van der Waals surface area contributed by atoms with E-state index >= 15 is 0 Å². The van der Waals surface area contributed by atoms with Crippen molar-refractivity contribution in [1.29, 1.82) is 0 Å². The Kier molecular flexibility index (Phi) is 4.56. The number of aryl methyl sites for hydroxylation is 2. The van der Waals surface area contributed by atoms with E-state index in [2.05, 4.69) is 10.4 Å². The molecule has 1 fully saturated rings. The first-order valence-corrected chi connectivity index (χ1v) is 7.11. The highest BCUT2D eigenvalue weighted by Gasteiger charge is 2.31. The molecular formula is C13H21N5O3. The van der Waals surface area contributed by atoms with Gasteiger partial charge in [0.15, 0.2) is 0 Å². The second-order valence-corrected chi connectivity index (χ2v) is 5.50. The average Bonchev–Trinajstić information content (AvgIpc) is 3.20. The summed E-state index contributed by atoms with van der Waals surface area (Å²) in [4.78, 5) is 22.4. The molecule has 116 valence electrons. The summed E-state index contributed by atoms with van der Waals surface area (Å²) in [5.74, 6) is 0.418.